The number of carbonyl (C=O) groups is 2. The second kappa shape index (κ2) is 14.1. The number of hydrogen-bond acceptors (Lipinski definition) is 5. The molecule has 10 heteroatoms. The molecule has 0 saturated heterocycles. The van der Waals surface area contributed by atoms with Crippen LogP contribution < -0.4 is 9.62 Å². The SMILES string of the molecule is CSc1ccc(S(=O)(=O)N(CC(=O)N(Cc2ccc(Cl)cc2)[C@H](C)C(=O)NCC(C)C)c2ccc(C)cc2)cc1. The van der Waals surface area contributed by atoms with Crippen LogP contribution in [-0.4, -0.2) is 50.5 Å². The molecular formula is C30H36ClN3O4S2. The second-order valence-corrected chi connectivity index (χ2v) is 13.2. The van der Waals surface area contributed by atoms with E-state index in [2.05, 4.69) is 5.32 Å². The minimum Gasteiger partial charge on any atom is -0.354 e. The zero-order valence-electron chi connectivity index (χ0n) is 23.4. The highest BCUT2D eigenvalue weighted by Gasteiger charge is 2.32. The monoisotopic (exact) mass is 601 g/mol. The Morgan fingerprint density at radius 2 is 1.52 bits per heavy atom. The molecule has 0 spiro atoms. The van der Waals surface area contributed by atoms with Gasteiger partial charge in [0, 0.05) is 23.0 Å². The topological polar surface area (TPSA) is 86.8 Å². The van der Waals surface area contributed by atoms with E-state index >= 15 is 0 Å². The van der Waals surface area contributed by atoms with Crippen LogP contribution in [0.3, 0.4) is 0 Å². The molecule has 3 aromatic rings. The van der Waals surface area contributed by atoms with Gasteiger partial charge in [0.05, 0.1) is 10.6 Å². The Labute approximate surface area is 247 Å². The predicted octanol–water partition coefficient (Wildman–Crippen LogP) is 5.76. The molecule has 0 aromatic heterocycles. The van der Waals surface area contributed by atoms with Crippen molar-refractivity contribution in [3.8, 4) is 0 Å². The number of hydrogen-bond donors (Lipinski definition) is 1. The highest BCUT2D eigenvalue weighted by Crippen LogP contribution is 2.26. The van der Waals surface area contributed by atoms with Crippen LogP contribution in [0, 0.1) is 12.8 Å². The maximum absolute atomic E-state index is 13.9. The summed E-state index contributed by atoms with van der Waals surface area (Å²) in [5, 5.41) is 3.43. The van der Waals surface area contributed by atoms with Crippen molar-refractivity contribution in [2.45, 2.75) is 50.1 Å². The first-order valence-corrected chi connectivity index (χ1v) is 16.0. The lowest BCUT2D eigenvalue weighted by Gasteiger charge is -2.32. The van der Waals surface area contributed by atoms with E-state index in [1.54, 1.807) is 79.7 Å². The molecule has 0 aliphatic carbocycles. The van der Waals surface area contributed by atoms with Crippen molar-refractivity contribution >= 4 is 50.9 Å². The van der Waals surface area contributed by atoms with Gasteiger partial charge in [-0.2, -0.15) is 0 Å². The zero-order valence-corrected chi connectivity index (χ0v) is 25.8. The second-order valence-electron chi connectivity index (χ2n) is 9.99. The average Bonchev–Trinajstić information content (AvgIpc) is 2.94. The molecule has 0 aliphatic heterocycles. The number of aryl methyl sites for hydroxylation is 1. The summed E-state index contributed by atoms with van der Waals surface area (Å²) in [6, 6.07) is 19.7. The number of nitrogens with one attached hydrogen (secondary N) is 1. The van der Waals surface area contributed by atoms with E-state index in [1.807, 2.05) is 27.0 Å². The fourth-order valence-electron chi connectivity index (χ4n) is 3.94. The lowest BCUT2D eigenvalue weighted by molar-refractivity contribution is -0.139. The van der Waals surface area contributed by atoms with Crippen molar-refractivity contribution in [3.63, 3.8) is 0 Å². The fraction of sp³-hybridized carbons (Fsp3) is 0.333. The van der Waals surface area contributed by atoms with E-state index < -0.39 is 28.5 Å². The summed E-state index contributed by atoms with van der Waals surface area (Å²) in [5.41, 5.74) is 2.08. The predicted molar refractivity (Wildman–Crippen MR) is 163 cm³/mol. The minimum atomic E-state index is -4.11. The van der Waals surface area contributed by atoms with Crippen LogP contribution in [0.1, 0.15) is 31.9 Å². The molecule has 2 amide bonds. The molecule has 0 heterocycles. The molecule has 1 atom stereocenters. The van der Waals surface area contributed by atoms with E-state index in [9.17, 15) is 18.0 Å². The molecule has 214 valence electrons. The van der Waals surface area contributed by atoms with Crippen LogP contribution in [0.2, 0.25) is 5.02 Å². The van der Waals surface area contributed by atoms with E-state index in [1.165, 1.54) is 16.7 Å². The summed E-state index contributed by atoms with van der Waals surface area (Å²) in [5.74, 6) is -0.586. The van der Waals surface area contributed by atoms with Gasteiger partial charge in [0.25, 0.3) is 10.0 Å². The molecular weight excluding hydrogens is 566 g/mol. The van der Waals surface area contributed by atoms with Crippen molar-refractivity contribution in [3.05, 3.63) is 88.9 Å². The maximum Gasteiger partial charge on any atom is 0.264 e. The molecule has 0 aliphatic rings. The number of nitrogens with zero attached hydrogens (tertiary/aromatic N) is 2. The molecule has 0 radical (unpaired) electrons. The molecule has 40 heavy (non-hydrogen) atoms. The van der Waals surface area contributed by atoms with Gasteiger partial charge in [-0.25, -0.2) is 8.42 Å². The van der Waals surface area contributed by atoms with Gasteiger partial charge < -0.3 is 10.2 Å². The summed E-state index contributed by atoms with van der Waals surface area (Å²) in [7, 11) is -4.11. The van der Waals surface area contributed by atoms with Gasteiger partial charge in [0.1, 0.15) is 12.6 Å². The number of rotatable bonds is 12. The standard InChI is InChI=1S/C30H36ClN3O4S2/c1-21(2)18-32-30(36)23(4)33(19-24-8-10-25(31)11-9-24)29(35)20-34(26-12-6-22(3)7-13-26)40(37,38)28-16-14-27(39-5)15-17-28/h6-17,21,23H,18-20H2,1-5H3,(H,32,36)/t23-/m1/s1. The molecule has 0 bridgehead atoms. The Kier molecular flexibility index (Phi) is 11.1. The molecule has 3 rings (SSSR count). The van der Waals surface area contributed by atoms with Gasteiger partial charge in [0.15, 0.2) is 0 Å². The normalized spacial score (nSPS) is 12.2. The number of thioether (sulfide) groups is 1. The lowest BCUT2D eigenvalue weighted by atomic mass is 10.1. The molecule has 0 saturated carbocycles. The van der Waals surface area contributed by atoms with Crippen LogP contribution in [0.15, 0.2) is 82.6 Å². The summed E-state index contributed by atoms with van der Waals surface area (Å²) >= 11 is 7.56. The number of amides is 2. The van der Waals surface area contributed by atoms with Crippen molar-refractivity contribution in [2.24, 2.45) is 5.92 Å². The molecule has 0 unspecified atom stereocenters. The lowest BCUT2D eigenvalue weighted by Crippen LogP contribution is -2.51. The zero-order chi connectivity index (χ0) is 29.4. The third-order valence-electron chi connectivity index (χ3n) is 6.37. The van der Waals surface area contributed by atoms with E-state index in [0.717, 1.165) is 20.3 Å². The number of sulfonamides is 1. The molecule has 3 aromatic carbocycles. The summed E-state index contributed by atoms with van der Waals surface area (Å²) in [4.78, 5) is 29.4. The summed E-state index contributed by atoms with van der Waals surface area (Å²) in [6.07, 6.45) is 1.91. The Hall–Kier alpha value is -3.01. The molecule has 0 fully saturated rings. The first-order valence-electron chi connectivity index (χ1n) is 13.0. The van der Waals surface area contributed by atoms with Gasteiger partial charge in [0.2, 0.25) is 11.8 Å². The Balaban J connectivity index is 2.00. The van der Waals surface area contributed by atoms with Gasteiger partial charge in [-0.3, -0.25) is 13.9 Å². The van der Waals surface area contributed by atoms with Crippen LogP contribution >= 0.6 is 23.4 Å². The fourth-order valence-corrected chi connectivity index (χ4v) is 5.88. The van der Waals surface area contributed by atoms with Gasteiger partial charge in [-0.05, 0) is 80.1 Å². The van der Waals surface area contributed by atoms with E-state index in [4.69, 9.17) is 11.6 Å². The smallest absolute Gasteiger partial charge is 0.264 e. The largest absolute Gasteiger partial charge is 0.354 e. The van der Waals surface area contributed by atoms with Crippen LogP contribution in [0.25, 0.3) is 0 Å². The highest BCUT2D eigenvalue weighted by molar-refractivity contribution is 7.98. The van der Waals surface area contributed by atoms with Crippen LogP contribution in [-0.2, 0) is 26.2 Å². The van der Waals surface area contributed by atoms with Crippen LogP contribution in [0.4, 0.5) is 5.69 Å². The average molecular weight is 602 g/mol. The van der Waals surface area contributed by atoms with Crippen molar-refractivity contribution in [2.75, 3.05) is 23.7 Å². The first kappa shape index (κ1) is 31.5. The van der Waals surface area contributed by atoms with Gasteiger partial charge >= 0.3 is 0 Å². The van der Waals surface area contributed by atoms with Crippen molar-refractivity contribution in [1.29, 1.82) is 0 Å². The number of halogens is 1. The quantitative estimate of drug-likeness (QED) is 0.267. The van der Waals surface area contributed by atoms with Crippen molar-refractivity contribution < 1.29 is 18.0 Å². The first-order chi connectivity index (χ1) is 18.9. The molecule has 7 nitrogen and oxygen atoms in total. The minimum absolute atomic E-state index is 0.0747. The van der Waals surface area contributed by atoms with Crippen molar-refractivity contribution in [1.82, 2.24) is 10.2 Å². The third-order valence-corrected chi connectivity index (χ3v) is 9.15. The summed E-state index contributed by atoms with van der Waals surface area (Å²) < 4.78 is 28.9. The number of benzene rings is 3. The van der Waals surface area contributed by atoms with Gasteiger partial charge in [-0.15, -0.1) is 11.8 Å². The van der Waals surface area contributed by atoms with E-state index in [-0.39, 0.29) is 23.3 Å². The molecule has 1 N–H and O–H groups in total. The number of anilines is 1. The van der Waals surface area contributed by atoms with Crippen LogP contribution in [0.5, 0.6) is 0 Å². The van der Waals surface area contributed by atoms with Gasteiger partial charge in [-0.1, -0.05) is 55.3 Å². The maximum atomic E-state index is 13.9. The highest BCUT2D eigenvalue weighted by atomic mass is 35.5. The van der Waals surface area contributed by atoms with E-state index in [0.29, 0.717) is 17.3 Å². The summed E-state index contributed by atoms with van der Waals surface area (Å²) in [6.45, 7) is 7.61. The Morgan fingerprint density at radius 3 is 2.08 bits per heavy atom. The Bertz CT molecular complexity index is 1390. The Morgan fingerprint density at radius 1 is 0.925 bits per heavy atom. The number of carbonyl (C=O) groups excluding carboxylic acids is 2. The third kappa shape index (κ3) is 8.25.